The maximum atomic E-state index is 12.8. The van der Waals surface area contributed by atoms with Crippen LogP contribution in [0.25, 0.3) is 0 Å². The lowest BCUT2D eigenvalue weighted by atomic mass is 9.95. The molecule has 2 aromatic carbocycles. The van der Waals surface area contributed by atoms with E-state index in [0.29, 0.717) is 5.69 Å². The number of ether oxygens (including phenoxy) is 1. The predicted octanol–water partition coefficient (Wildman–Crippen LogP) is 3.00. The third-order valence-electron chi connectivity index (χ3n) is 4.58. The summed E-state index contributed by atoms with van der Waals surface area (Å²) in [6, 6.07) is 12.0. The van der Waals surface area contributed by atoms with Crippen LogP contribution in [0.5, 0.6) is 5.75 Å². The van der Waals surface area contributed by atoms with Crippen LogP contribution in [0.3, 0.4) is 0 Å². The Balaban J connectivity index is 1.82. The Morgan fingerprint density at radius 3 is 2.43 bits per heavy atom. The average molecular weight is 410 g/mol. The van der Waals surface area contributed by atoms with E-state index in [2.05, 4.69) is 10.1 Å². The van der Waals surface area contributed by atoms with Gasteiger partial charge in [0.1, 0.15) is 11.8 Å². The Kier molecular flexibility index (Phi) is 5.95. The number of nitrogens with one attached hydrogen (secondary N) is 1. The van der Waals surface area contributed by atoms with Crippen molar-refractivity contribution in [2.24, 2.45) is 0 Å². The molecule has 0 saturated carbocycles. The number of sulfonamides is 1. The monoisotopic (exact) mass is 410 g/mol. The van der Waals surface area contributed by atoms with Crippen LogP contribution in [0.2, 0.25) is 0 Å². The minimum Gasteiger partial charge on any atom is -0.435 e. The second kappa shape index (κ2) is 8.24. The summed E-state index contributed by atoms with van der Waals surface area (Å²) in [6.07, 6.45) is 0.258. The maximum Gasteiger partial charge on any atom is 0.387 e. The zero-order valence-corrected chi connectivity index (χ0v) is 16.0. The first kappa shape index (κ1) is 20.2. The first-order valence-corrected chi connectivity index (χ1v) is 10.3. The van der Waals surface area contributed by atoms with Gasteiger partial charge in [-0.2, -0.15) is 13.1 Å². The molecule has 28 heavy (non-hydrogen) atoms. The lowest BCUT2D eigenvalue weighted by molar-refractivity contribution is -0.120. The molecule has 0 aliphatic carbocycles. The Labute approximate surface area is 162 Å². The van der Waals surface area contributed by atoms with Crippen LogP contribution in [-0.4, -0.2) is 37.0 Å². The van der Waals surface area contributed by atoms with Crippen LogP contribution in [0.15, 0.2) is 48.5 Å². The predicted molar refractivity (Wildman–Crippen MR) is 101 cm³/mol. The molecule has 0 radical (unpaired) electrons. The number of fused-ring (bicyclic) bond motifs is 1. The maximum absolute atomic E-state index is 12.8. The van der Waals surface area contributed by atoms with E-state index in [4.69, 9.17) is 0 Å². The number of hydrogen-bond acceptors (Lipinski definition) is 4. The van der Waals surface area contributed by atoms with Gasteiger partial charge in [-0.25, -0.2) is 8.42 Å². The van der Waals surface area contributed by atoms with Crippen molar-refractivity contribution in [1.29, 1.82) is 0 Å². The molecular formula is C19H20F2N2O4S. The van der Waals surface area contributed by atoms with Crippen LogP contribution < -0.4 is 10.1 Å². The molecule has 0 spiro atoms. The summed E-state index contributed by atoms with van der Waals surface area (Å²) >= 11 is 0. The number of nitrogens with zero attached hydrogens (tertiary/aromatic N) is 1. The van der Waals surface area contributed by atoms with Gasteiger partial charge in [-0.05, 0) is 48.7 Å². The van der Waals surface area contributed by atoms with Crippen molar-refractivity contribution in [3.05, 3.63) is 59.7 Å². The molecule has 0 fully saturated rings. The molecule has 6 nitrogen and oxygen atoms in total. The number of carbonyl (C=O) groups excluding carboxylic acids is 1. The molecule has 1 aliphatic rings. The summed E-state index contributed by atoms with van der Waals surface area (Å²) in [5.74, 6) is -0.623. The van der Waals surface area contributed by atoms with Crippen molar-refractivity contribution in [2.75, 3.05) is 11.1 Å². The van der Waals surface area contributed by atoms with Crippen molar-refractivity contribution in [1.82, 2.24) is 4.31 Å². The van der Waals surface area contributed by atoms with Crippen molar-refractivity contribution in [2.45, 2.75) is 32.5 Å². The quantitative estimate of drug-likeness (QED) is 0.794. The fourth-order valence-electron chi connectivity index (χ4n) is 3.13. The minimum absolute atomic E-state index is 0.0326. The number of alkyl halides is 2. The smallest absolute Gasteiger partial charge is 0.387 e. The van der Waals surface area contributed by atoms with E-state index < -0.39 is 28.6 Å². The molecule has 2 aromatic rings. The van der Waals surface area contributed by atoms with E-state index in [-0.39, 0.29) is 24.5 Å². The van der Waals surface area contributed by atoms with Crippen LogP contribution in [-0.2, 0) is 27.8 Å². The highest BCUT2D eigenvalue weighted by Crippen LogP contribution is 2.27. The number of halogens is 2. The molecule has 1 atom stereocenters. The second-order valence-electron chi connectivity index (χ2n) is 6.33. The van der Waals surface area contributed by atoms with E-state index in [1.165, 1.54) is 35.5 Å². The molecule has 0 saturated heterocycles. The van der Waals surface area contributed by atoms with Gasteiger partial charge in [-0.3, -0.25) is 4.79 Å². The van der Waals surface area contributed by atoms with Gasteiger partial charge in [0.2, 0.25) is 15.9 Å². The lowest BCUT2D eigenvalue weighted by Gasteiger charge is -2.34. The van der Waals surface area contributed by atoms with Gasteiger partial charge in [0.25, 0.3) is 0 Å². The number of rotatable bonds is 6. The lowest BCUT2D eigenvalue weighted by Crippen LogP contribution is -2.51. The molecule has 0 bridgehead atoms. The van der Waals surface area contributed by atoms with Crippen molar-refractivity contribution >= 4 is 21.6 Å². The van der Waals surface area contributed by atoms with Crippen LogP contribution in [0, 0.1) is 0 Å². The Bertz CT molecular complexity index is 949. The molecule has 9 heteroatoms. The highest BCUT2D eigenvalue weighted by Gasteiger charge is 2.37. The number of anilines is 1. The Morgan fingerprint density at radius 2 is 1.82 bits per heavy atom. The SMILES string of the molecule is CCS(=O)(=O)N1Cc2ccccc2C[C@H]1C(=O)Nc1ccc(OC(F)F)cc1. The topological polar surface area (TPSA) is 75.7 Å². The molecule has 1 N–H and O–H groups in total. The van der Waals surface area contributed by atoms with E-state index in [1.54, 1.807) is 0 Å². The fraction of sp³-hybridized carbons (Fsp3) is 0.316. The Hall–Kier alpha value is -2.52. The molecule has 150 valence electrons. The molecule has 3 rings (SSSR count). The molecule has 0 aromatic heterocycles. The van der Waals surface area contributed by atoms with Gasteiger partial charge in [-0.1, -0.05) is 24.3 Å². The van der Waals surface area contributed by atoms with Crippen LogP contribution in [0.4, 0.5) is 14.5 Å². The van der Waals surface area contributed by atoms with Crippen LogP contribution >= 0.6 is 0 Å². The summed E-state index contributed by atoms with van der Waals surface area (Å²) in [4.78, 5) is 12.8. The number of amides is 1. The second-order valence-corrected chi connectivity index (χ2v) is 8.54. The summed E-state index contributed by atoms with van der Waals surface area (Å²) in [5, 5.41) is 2.66. The normalized spacial score (nSPS) is 17.2. The van der Waals surface area contributed by atoms with Crippen LogP contribution in [0.1, 0.15) is 18.1 Å². The van der Waals surface area contributed by atoms with E-state index >= 15 is 0 Å². The zero-order valence-electron chi connectivity index (χ0n) is 15.1. The largest absolute Gasteiger partial charge is 0.435 e. The molecule has 0 unspecified atom stereocenters. The third-order valence-corrected chi connectivity index (χ3v) is 6.41. The van der Waals surface area contributed by atoms with E-state index in [1.807, 2.05) is 24.3 Å². The number of hydrogen-bond donors (Lipinski definition) is 1. The third kappa shape index (κ3) is 4.48. The molecular weight excluding hydrogens is 390 g/mol. The van der Waals surface area contributed by atoms with Crippen molar-refractivity contribution in [3.63, 3.8) is 0 Å². The van der Waals surface area contributed by atoms with Gasteiger partial charge < -0.3 is 10.1 Å². The van der Waals surface area contributed by atoms with Gasteiger partial charge in [0, 0.05) is 12.2 Å². The summed E-state index contributed by atoms with van der Waals surface area (Å²) in [6.45, 7) is -1.27. The first-order chi connectivity index (χ1) is 13.3. The molecule has 1 amide bonds. The van der Waals surface area contributed by atoms with Gasteiger partial charge in [-0.15, -0.1) is 0 Å². The summed E-state index contributed by atoms with van der Waals surface area (Å²) in [5.41, 5.74) is 2.15. The molecule has 1 aliphatic heterocycles. The first-order valence-electron chi connectivity index (χ1n) is 8.72. The van der Waals surface area contributed by atoms with Gasteiger partial charge >= 0.3 is 6.61 Å². The standard InChI is InChI=1S/C19H20F2N2O4S/c1-2-28(25,26)23-12-14-6-4-3-5-13(14)11-17(23)18(24)22-15-7-9-16(10-8-15)27-19(20)21/h3-10,17,19H,2,11-12H2,1H3,(H,22,24)/t17-/m0/s1. The molecule has 1 heterocycles. The highest BCUT2D eigenvalue weighted by molar-refractivity contribution is 7.89. The zero-order chi connectivity index (χ0) is 20.3. The fourth-order valence-corrected chi connectivity index (χ4v) is 4.35. The van der Waals surface area contributed by atoms with Gasteiger partial charge in [0.15, 0.2) is 0 Å². The summed E-state index contributed by atoms with van der Waals surface area (Å²) in [7, 11) is -3.60. The summed E-state index contributed by atoms with van der Waals surface area (Å²) < 4.78 is 55.0. The highest BCUT2D eigenvalue weighted by atomic mass is 32.2. The number of carbonyl (C=O) groups is 1. The van der Waals surface area contributed by atoms with E-state index in [9.17, 15) is 22.0 Å². The van der Waals surface area contributed by atoms with E-state index in [0.717, 1.165) is 11.1 Å². The average Bonchev–Trinajstić information content (AvgIpc) is 2.68. The number of benzene rings is 2. The van der Waals surface area contributed by atoms with Gasteiger partial charge in [0.05, 0.1) is 5.75 Å². The minimum atomic E-state index is -3.60. The van der Waals surface area contributed by atoms with Crippen molar-refractivity contribution < 1.29 is 26.7 Å². The van der Waals surface area contributed by atoms with Crippen molar-refractivity contribution in [3.8, 4) is 5.75 Å². The Morgan fingerprint density at radius 1 is 1.18 bits per heavy atom.